The van der Waals surface area contributed by atoms with Crippen LogP contribution in [0.4, 0.5) is 21.2 Å². The van der Waals surface area contributed by atoms with Crippen molar-refractivity contribution in [1.29, 1.82) is 0 Å². The van der Waals surface area contributed by atoms with Crippen LogP contribution >= 0.6 is 11.5 Å². The van der Waals surface area contributed by atoms with Gasteiger partial charge in [-0.2, -0.15) is 9.36 Å². The van der Waals surface area contributed by atoms with Gasteiger partial charge in [-0.05, 0) is 41.8 Å². The second-order valence-corrected chi connectivity index (χ2v) is 9.17. The third-order valence-electron chi connectivity index (χ3n) is 6.28. The highest BCUT2D eigenvalue weighted by Crippen LogP contribution is 2.28. The molecule has 1 saturated heterocycles. The Kier molecular flexibility index (Phi) is 7.00. The highest BCUT2D eigenvalue weighted by molar-refractivity contribution is 7.09. The van der Waals surface area contributed by atoms with E-state index in [0.717, 1.165) is 50.0 Å². The first-order valence-corrected chi connectivity index (χ1v) is 12.5. The first kappa shape index (κ1) is 22.3. The minimum absolute atomic E-state index is 0.199. The molecule has 0 atom stereocenters. The van der Waals surface area contributed by atoms with Gasteiger partial charge in [-0.15, -0.1) is 0 Å². The van der Waals surface area contributed by atoms with Gasteiger partial charge in [0, 0.05) is 55.9 Å². The van der Waals surface area contributed by atoms with Crippen molar-refractivity contribution in [3.05, 3.63) is 102 Å². The van der Waals surface area contributed by atoms with Crippen LogP contribution in [0.15, 0.2) is 84.9 Å². The summed E-state index contributed by atoms with van der Waals surface area (Å²) in [5.41, 5.74) is 3.70. The van der Waals surface area contributed by atoms with Gasteiger partial charge in [0.1, 0.15) is 5.82 Å². The fourth-order valence-corrected chi connectivity index (χ4v) is 5.15. The van der Waals surface area contributed by atoms with E-state index < -0.39 is 0 Å². The molecule has 5 rings (SSSR count). The Labute approximate surface area is 204 Å². The van der Waals surface area contributed by atoms with Crippen molar-refractivity contribution >= 4 is 28.3 Å². The number of benzene rings is 3. The summed E-state index contributed by atoms with van der Waals surface area (Å²) in [5.74, 6) is 0.823. The molecule has 1 fully saturated rings. The Balaban J connectivity index is 1.16. The summed E-state index contributed by atoms with van der Waals surface area (Å²) in [6.45, 7) is 4.29. The number of hydrogen-bond donors (Lipinski definition) is 1. The molecule has 0 saturated carbocycles. The minimum atomic E-state index is -0.199. The van der Waals surface area contributed by atoms with Crippen LogP contribution in [-0.4, -0.2) is 42.1 Å². The summed E-state index contributed by atoms with van der Waals surface area (Å²) in [5, 5.41) is 4.38. The van der Waals surface area contributed by atoms with E-state index in [1.807, 2.05) is 12.1 Å². The standard InChI is InChI=1S/C27H28FN5S/c28-23-11-13-24(14-12-23)32-17-19-33(20-18-32)27-30-26(31-34-27)29-16-15-25(21-7-3-1-4-8-21)22-9-5-2-6-10-22/h1-14,25H,15-20H2,(H,29,31). The molecule has 1 N–H and O–H groups in total. The number of hydrogen-bond acceptors (Lipinski definition) is 6. The van der Waals surface area contributed by atoms with E-state index in [9.17, 15) is 4.39 Å². The Bertz CT molecular complexity index is 1120. The van der Waals surface area contributed by atoms with Crippen LogP contribution in [0.25, 0.3) is 0 Å². The molecule has 174 valence electrons. The van der Waals surface area contributed by atoms with Crippen LogP contribution in [0.3, 0.4) is 0 Å². The van der Waals surface area contributed by atoms with Gasteiger partial charge in [-0.1, -0.05) is 60.7 Å². The number of nitrogens with one attached hydrogen (secondary N) is 1. The quantitative estimate of drug-likeness (QED) is 0.359. The molecule has 1 aromatic heterocycles. The number of halogens is 1. The van der Waals surface area contributed by atoms with Crippen molar-refractivity contribution in [3.8, 4) is 0 Å². The predicted octanol–water partition coefficient (Wildman–Crippen LogP) is 5.64. The fourth-order valence-electron chi connectivity index (χ4n) is 4.45. The molecule has 3 aromatic carbocycles. The van der Waals surface area contributed by atoms with Crippen LogP contribution < -0.4 is 15.1 Å². The molecule has 0 aliphatic carbocycles. The van der Waals surface area contributed by atoms with Gasteiger partial charge < -0.3 is 15.1 Å². The third kappa shape index (κ3) is 5.37. The Morgan fingerprint density at radius 3 is 2.00 bits per heavy atom. The fraction of sp³-hybridized carbons (Fsp3) is 0.259. The molecule has 34 heavy (non-hydrogen) atoms. The van der Waals surface area contributed by atoms with Crippen molar-refractivity contribution in [2.24, 2.45) is 0 Å². The predicted molar refractivity (Wildman–Crippen MR) is 139 cm³/mol. The molecule has 5 nitrogen and oxygen atoms in total. The largest absolute Gasteiger partial charge is 0.368 e. The number of nitrogens with zero attached hydrogens (tertiary/aromatic N) is 4. The Morgan fingerprint density at radius 2 is 1.38 bits per heavy atom. The molecule has 0 bridgehead atoms. The second-order valence-electron chi connectivity index (χ2n) is 8.44. The monoisotopic (exact) mass is 473 g/mol. The van der Waals surface area contributed by atoms with Gasteiger partial charge in [0.15, 0.2) is 0 Å². The lowest BCUT2D eigenvalue weighted by Crippen LogP contribution is -2.46. The number of rotatable bonds is 8. The van der Waals surface area contributed by atoms with Crippen LogP contribution in [0, 0.1) is 5.82 Å². The van der Waals surface area contributed by atoms with Gasteiger partial charge in [0.05, 0.1) is 0 Å². The smallest absolute Gasteiger partial charge is 0.236 e. The summed E-state index contributed by atoms with van der Waals surface area (Å²) < 4.78 is 17.7. The van der Waals surface area contributed by atoms with E-state index in [4.69, 9.17) is 4.98 Å². The Hall–Kier alpha value is -3.45. The topological polar surface area (TPSA) is 44.3 Å². The van der Waals surface area contributed by atoms with E-state index in [0.29, 0.717) is 11.9 Å². The molecular formula is C27H28FN5S. The molecule has 4 aromatic rings. The highest BCUT2D eigenvalue weighted by Gasteiger charge is 2.21. The van der Waals surface area contributed by atoms with E-state index in [2.05, 4.69) is 80.2 Å². The summed E-state index contributed by atoms with van der Waals surface area (Å²) in [6.07, 6.45) is 0.957. The first-order valence-electron chi connectivity index (χ1n) is 11.7. The molecule has 2 heterocycles. The van der Waals surface area contributed by atoms with Crippen LogP contribution in [0.5, 0.6) is 0 Å². The lowest BCUT2D eigenvalue weighted by molar-refractivity contribution is 0.624. The van der Waals surface area contributed by atoms with Gasteiger partial charge in [0.25, 0.3) is 0 Å². The van der Waals surface area contributed by atoms with Gasteiger partial charge >= 0.3 is 0 Å². The number of aromatic nitrogens is 2. The molecule has 0 radical (unpaired) electrons. The third-order valence-corrected chi connectivity index (χ3v) is 7.05. The summed E-state index contributed by atoms with van der Waals surface area (Å²) >= 11 is 1.44. The molecule has 0 spiro atoms. The lowest BCUT2D eigenvalue weighted by Gasteiger charge is -2.35. The maximum atomic E-state index is 13.2. The zero-order valence-corrected chi connectivity index (χ0v) is 19.8. The van der Waals surface area contributed by atoms with E-state index >= 15 is 0 Å². The summed E-state index contributed by atoms with van der Waals surface area (Å²) in [6, 6.07) is 28.0. The zero-order valence-electron chi connectivity index (χ0n) is 19.0. The molecular weight excluding hydrogens is 445 g/mol. The van der Waals surface area contributed by atoms with Gasteiger partial charge in [-0.3, -0.25) is 0 Å². The second kappa shape index (κ2) is 10.7. The number of anilines is 3. The van der Waals surface area contributed by atoms with Crippen molar-refractivity contribution in [1.82, 2.24) is 9.36 Å². The molecule has 7 heteroatoms. The van der Waals surface area contributed by atoms with Crippen LogP contribution in [-0.2, 0) is 0 Å². The average Bonchev–Trinajstić information content (AvgIpc) is 3.37. The van der Waals surface area contributed by atoms with E-state index in [1.54, 1.807) is 0 Å². The molecule has 0 amide bonds. The first-order chi connectivity index (χ1) is 16.8. The van der Waals surface area contributed by atoms with Crippen LogP contribution in [0.1, 0.15) is 23.5 Å². The van der Waals surface area contributed by atoms with Crippen molar-refractivity contribution < 1.29 is 4.39 Å². The van der Waals surface area contributed by atoms with Crippen LogP contribution in [0.2, 0.25) is 0 Å². The zero-order chi connectivity index (χ0) is 23.2. The van der Waals surface area contributed by atoms with Crippen molar-refractivity contribution in [2.45, 2.75) is 12.3 Å². The maximum Gasteiger partial charge on any atom is 0.236 e. The van der Waals surface area contributed by atoms with E-state index in [-0.39, 0.29) is 5.82 Å². The molecule has 1 aliphatic heterocycles. The SMILES string of the molecule is Fc1ccc(N2CCN(c3nc(NCCC(c4ccccc4)c4ccccc4)ns3)CC2)cc1. The van der Waals surface area contributed by atoms with Crippen molar-refractivity contribution in [2.75, 3.05) is 47.8 Å². The lowest BCUT2D eigenvalue weighted by atomic mass is 9.88. The maximum absolute atomic E-state index is 13.2. The van der Waals surface area contributed by atoms with Crippen molar-refractivity contribution in [3.63, 3.8) is 0 Å². The summed E-state index contributed by atoms with van der Waals surface area (Å²) in [4.78, 5) is 9.30. The molecule has 0 unspecified atom stereocenters. The normalized spacial score (nSPS) is 13.9. The van der Waals surface area contributed by atoms with Gasteiger partial charge in [0.2, 0.25) is 11.1 Å². The van der Waals surface area contributed by atoms with Gasteiger partial charge in [-0.25, -0.2) is 4.39 Å². The Morgan fingerprint density at radius 1 is 0.794 bits per heavy atom. The number of piperazine rings is 1. The average molecular weight is 474 g/mol. The summed E-state index contributed by atoms with van der Waals surface area (Å²) in [7, 11) is 0. The van der Waals surface area contributed by atoms with E-state index in [1.165, 1.54) is 34.8 Å². The highest BCUT2D eigenvalue weighted by atomic mass is 32.1. The molecule has 1 aliphatic rings. The minimum Gasteiger partial charge on any atom is -0.368 e.